The lowest BCUT2D eigenvalue weighted by atomic mass is 10.1. The van der Waals surface area contributed by atoms with Gasteiger partial charge in [-0.2, -0.15) is 4.98 Å². The quantitative estimate of drug-likeness (QED) is 0.455. The summed E-state index contributed by atoms with van der Waals surface area (Å²) in [5, 5.41) is 0.605. The lowest BCUT2D eigenvalue weighted by Gasteiger charge is -2.36. The highest BCUT2D eigenvalue weighted by molar-refractivity contribution is 7.98. The number of benzene rings is 3. The maximum absolute atomic E-state index is 13.2. The number of carbonyl (C=O) groups is 1. The number of hydrogen-bond donors (Lipinski definition) is 1. The number of nitrogens with zero attached hydrogens (tertiary/aromatic N) is 4. The predicted molar refractivity (Wildman–Crippen MR) is 139 cm³/mol. The molecule has 0 radical (unpaired) electrons. The minimum Gasteiger partial charge on any atom is -0.454 e. The van der Waals surface area contributed by atoms with Gasteiger partial charge in [-0.3, -0.25) is 4.79 Å². The maximum atomic E-state index is 13.2. The van der Waals surface area contributed by atoms with E-state index in [1.165, 1.54) is 3.97 Å². The van der Waals surface area contributed by atoms with Crippen molar-refractivity contribution in [1.82, 2.24) is 13.9 Å². The van der Waals surface area contributed by atoms with Crippen molar-refractivity contribution in [3.05, 3.63) is 82.8 Å². The molecule has 0 saturated carbocycles. The first-order valence-corrected chi connectivity index (χ1v) is 12.3. The minimum absolute atomic E-state index is 0.0797. The highest BCUT2D eigenvalue weighted by Gasteiger charge is 2.23. The molecular formula is C26H23N5O4S. The predicted octanol–water partition coefficient (Wildman–Crippen LogP) is 3.23. The molecule has 1 fully saturated rings. The molecule has 0 aliphatic carbocycles. The lowest BCUT2D eigenvalue weighted by molar-refractivity contribution is 0.0747. The normalized spacial score (nSPS) is 14.9. The van der Waals surface area contributed by atoms with Gasteiger partial charge in [0.1, 0.15) is 5.82 Å². The van der Waals surface area contributed by atoms with Crippen LogP contribution in [0.4, 0.5) is 11.5 Å². The highest BCUT2D eigenvalue weighted by Crippen LogP contribution is 2.36. The first kappa shape index (κ1) is 22.3. The van der Waals surface area contributed by atoms with Crippen LogP contribution < -0.4 is 25.8 Å². The van der Waals surface area contributed by atoms with Gasteiger partial charge in [0.2, 0.25) is 6.79 Å². The van der Waals surface area contributed by atoms with Crippen LogP contribution in [0.3, 0.4) is 0 Å². The molecule has 2 aliphatic rings. The van der Waals surface area contributed by atoms with Gasteiger partial charge in [-0.1, -0.05) is 18.2 Å². The largest absolute Gasteiger partial charge is 0.454 e. The number of anilines is 2. The topological polar surface area (TPSA) is 103 Å². The van der Waals surface area contributed by atoms with Gasteiger partial charge in [-0.15, -0.1) is 0 Å². The fourth-order valence-electron chi connectivity index (χ4n) is 4.45. The summed E-state index contributed by atoms with van der Waals surface area (Å²) in [7, 11) is 0. The van der Waals surface area contributed by atoms with Gasteiger partial charge in [-0.25, -0.2) is 8.77 Å². The van der Waals surface area contributed by atoms with Crippen molar-refractivity contribution in [2.45, 2.75) is 4.90 Å². The zero-order valence-corrected chi connectivity index (χ0v) is 20.1. The average molecular weight is 502 g/mol. The Morgan fingerprint density at radius 2 is 1.69 bits per heavy atom. The summed E-state index contributed by atoms with van der Waals surface area (Å²) >= 11 is 1.15. The van der Waals surface area contributed by atoms with Crippen molar-refractivity contribution < 1.29 is 14.3 Å². The van der Waals surface area contributed by atoms with Crippen molar-refractivity contribution in [1.29, 1.82) is 0 Å². The summed E-state index contributed by atoms with van der Waals surface area (Å²) in [5.74, 6) is 1.47. The summed E-state index contributed by atoms with van der Waals surface area (Å²) < 4.78 is 12.1. The van der Waals surface area contributed by atoms with E-state index >= 15 is 0 Å². The number of ether oxygens (including phenoxy) is 2. The Hall–Kier alpha value is -4.18. The van der Waals surface area contributed by atoms with E-state index in [1.807, 2.05) is 29.2 Å². The molecule has 3 aromatic carbocycles. The van der Waals surface area contributed by atoms with Gasteiger partial charge in [0.05, 0.1) is 5.52 Å². The molecule has 36 heavy (non-hydrogen) atoms. The van der Waals surface area contributed by atoms with Gasteiger partial charge >= 0.3 is 5.69 Å². The van der Waals surface area contributed by atoms with E-state index in [-0.39, 0.29) is 18.5 Å². The minimum atomic E-state index is -0.510. The van der Waals surface area contributed by atoms with E-state index in [9.17, 15) is 9.59 Å². The van der Waals surface area contributed by atoms with Crippen LogP contribution in [0.1, 0.15) is 10.4 Å². The Morgan fingerprint density at radius 1 is 0.917 bits per heavy atom. The van der Waals surface area contributed by atoms with E-state index < -0.39 is 5.69 Å². The highest BCUT2D eigenvalue weighted by atomic mass is 32.2. The maximum Gasteiger partial charge on any atom is 0.360 e. The van der Waals surface area contributed by atoms with Crippen LogP contribution in [0, 0.1) is 0 Å². The lowest BCUT2D eigenvalue weighted by Crippen LogP contribution is -2.48. The van der Waals surface area contributed by atoms with Crippen molar-refractivity contribution >= 4 is 40.3 Å². The molecule has 1 amide bonds. The molecule has 182 valence electrons. The Labute approximate surface area is 211 Å². The SMILES string of the molecule is Nc1c2ccc(C(=O)N3CCN(c4ccccc4)CC3)cc2nc(=O)n1Sc1ccc2c(c1)OCO2. The van der Waals surface area contributed by atoms with E-state index in [4.69, 9.17) is 15.2 Å². The zero-order valence-electron chi connectivity index (χ0n) is 19.3. The monoisotopic (exact) mass is 501 g/mol. The van der Waals surface area contributed by atoms with Crippen molar-refractivity contribution in [2.75, 3.05) is 43.6 Å². The molecule has 3 heterocycles. The fraction of sp³-hybridized carbons (Fsp3) is 0.192. The molecule has 0 atom stereocenters. The summed E-state index contributed by atoms with van der Waals surface area (Å²) in [6, 6.07) is 20.7. The van der Waals surface area contributed by atoms with E-state index in [0.29, 0.717) is 41.1 Å². The van der Waals surface area contributed by atoms with Crippen molar-refractivity contribution in [3.8, 4) is 11.5 Å². The Balaban J connectivity index is 1.21. The third-order valence-electron chi connectivity index (χ3n) is 6.36. The first-order valence-electron chi connectivity index (χ1n) is 11.6. The second-order valence-corrected chi connectivity index (χ2v) is 9.55. The summed E-state index contributed by atoms with van der Waals surface area (Å²) in [6.07, 6.45) is 0. The molecule has 4 aromatic rings. The smallest absolute Gasteiger partial charge is 0.360 e. The Morgan fingerprint density at radius 3 is 2.50 bits per heavy atom. The second kappa shape index (κ2) is 9.12. The standard InChI is InChI=1S/C26H23N5O4S/c27-24-20-8-6-17(25(32)30-12-10-29(11-13-30)18-4-2-1-3-5-18)14-21(20)28-26(33)31(24)36-19-7-9-22-23(15-19)35-16-34-22/h1-9,14-15H,10-13,16,27H2. The molecule has 0 bridgehead atoms. The number of hydrogen-bond acceptors (Lipinski definition) is 8. The number of piperazine rings is 1. The molecule has 9 nitrogen and oxygen atoms in total. The first-order chi connectivity index (χ1) is 17.6. The third-order valence-corrected chi connectivity index (χ3v) is 7.36. The van der Waals surface area contributed by atoms with E-state index in [0.717, 1.165) is 35.6 Å². The number of nitrogens with two attached hydrogens (primary N) is 1. The number of amides is 1. The van der Waals surface area contributed by atoms with Gasteiger partial charge in [0.25, 0.3) is 5.91 Å². The van der Waals surface area contributed by atoms with Gasteiger partial charge in [0.15, 0.2) is 11.5 Å². The number of para-hydroxylation sites is 1. The van der Waals surface area contributed by atoms with Crippen molar-refractivity contribution in [3.63, 3.8) is 0 Å². The van der Waals surface area contributed by atoms with E-state index in [2.05, 4.69) is 22.0 Å². The van der Waals surface area contributed by atoms with Crippen molar-refractivity contribution in [2.24, 2.45) is 0 Å². The second-order valence-electron chi connectivity index (χ2n) is 8.53. The molecule has 0 spiro atoms. The molecule has 1 saturated heterocycles. The van der Waals surface area contributed by atoms with Gasteiger partial charge in [-0.05, 0) is 60.5 Å². The number of fused-ring (bicyclic) bond motifs is 2. The Kier molecular flexibility index (Phi) is 5.65. The number of nitrogen functional groups attached to an aromatic ring is 1. The van der Waals surface area contributed by atoms with Crippen LogP contribution in [0.5, 0.6) is 11.5 Å². The molecule has 10 heteroatoms. The molecule has 2 N–H and O–H groups in total. The summed E-state index contributed by atoms with van der Waals surface area (Å²) in [4.78, 5) is 35.1. The van der Waals surface area contributed by atoms with Crippen LogP contribution >= 0.6 is 11.9 Å². The number of rotatable bonds is 4. The summed E-state index contributed by atoms with van der Waals surface area (Å²) in [5.41, 5.74) is 7.90. The zero-order chi connectivity index (χ0) is 24.6. The van der Waals surface area contributed by atoms with Crippen LogP contribution in [0.25, 0.3) is 10.9 Å². The summed E-state index contributed by atoms with van der Waals surface area (Å²) in [6.45, 7) is 2.93. The van der Waals surface area contributed by atoms with Crippen LogP contribution in [0.2, 0.25) is 0 Å². The van der Waals surface area contributed by atoms with Crippen LogP contribution in [0.15, 0.2) is 76.4 Å². The number of aromatic nitrogens is 2. The fourth-order valence-corrected chi connectivity index (χ4v) is 5.27. The number of carbonyl (C=O) groups excluding carboxylic acids is 1. The van der Waals surface area contributed by atoms with Crippen LogP contribution in [-0.2, 0) is 0 Å². The third kappa shape index (κ3) is 4.09. The van der Waals surface area contributed by atoms with Gasteiger partial charge < -0.3 is 25.0 Å². The van der Waals surface area contributed by atoms with E-state index in [1.54, 1.807) is 30.3 Å². The molecule has 6 rings (SSSR count). The Bertz CT molecular complexity index is 1520. The average Bonchev–Trinajstić information content (AvgIpc) is 3.39. The van der Waals surface area contributed by atoms with Gasteiger partial charge in [0, 0.05) is 47.7 Å². The molecule has 0 unspecified atom stereocenters. The molecular weight excluding hydrogens is 478 g/mol. The molecule has 2 aliphatic heterocycles. The van der Waals surface area contributed by atoms with Crippen LogP contribution in [-0.4, -0.2) is 52.7 Å². The molecule has 1 aromatic heterocycles.